The molecule has 0 spiro atoms. The molecule has 3 atom stereocenters. The van der Waals surface area contributed by atoms with E-state index in [2.05, 4.69) is 6.92 Å². The molecule has 1 saturated carbocycles. The number of amides is 1. The minimum Gasteiger partial charge on any atom is -0.497 e. The Bertz CT molecular complexity index is 540. The highest BCUT2D eigenvalue weighted by Crippen LogP contribution is 2.40. The maximum Gasteiger partial charge on any atom is 0.307 e. The van der Waals surface area contributed by atoms with E-state index in [1.165, 1.54) is 5.56 Å². The van der Waals surface area contributed by atoms with Gasteiger partial charge in [0.25, 0.3) is 0 Å². The number of aliphatic carboxylic acids is 1. The molecule has 22 heavy (non-hydrogen) atoms. The summed E-state index contributed by atoms with van der Waals surface area (Å²) in [6.07, 6.45) is 1.35. The van der Waals surface area contributed by atoms with Crippen LogP contribution in [0.15, 0.2) is 24.3 Å². The first-order valence-electron chi connectivity index (χ1n) is 7.53. The highest BCUT2D eigenvalue weighted by molar-refractivity contribution is 5.89. The van der Waals surface area contributed by atoms with Gasteiger partial charge in [-0.3, -0.25) is 9.59 Å². The maximum atomic E-state index is 12.1. The van der Waals surface area contributed by atoms with Crippen LogP contribution in [0, 0.1) is 17.8 Å². The third-order valence-electron chi connectivity index (χ3n) is 4.13. The molecule has 0 saturated heterocycles. The molecular weight excluding hydrogens is 282 g/mol. The van der Waals surface area contributed by atoms with E-state index in [9.17, 15) is 9.59 Å². The molecule has 0 aliphatic heterocycles. The van der Waals surface area contributed by atoms with Crippen LogP contribution in [0.3, 0.4) is 0 Å². The molecule has 1 aliphatic rings. The predicted octanol–water partition coefficient (Wildman–Crippen LogP) is 2.05. The molecule has 1 amide bonds. The van der Waals surface area contributed by atoms with Gasteiger partial charge in [-0.1, -0.05) is 19.1 Å². The lowest BCUT2D eigenvalue weighted by Gasteiger charge is -2.22. The topological polar surface area (TPSA) is 66.8 Å². The molecular formula is C17H23NO4. The molecule has 1 fully saturated rings. The summed E-state index contributed by atoms with van der Waals surface area (Å²) in [6.45, 7) is 2.73. The Morgan fingerprint density at radius 1 is 1.32 bits per heavy atom. The number of benzene rings is 1. The van der Waals surface area contributed by atoms with Crippen molar-refractivity contribution in [3.63, 3.8) is 0 Å². The van der Waals surface area contributed by atoms with Crippen molar-refractivity contribution in [1.29, 1.82) is 0 Å². The third-order valence-corrected chi connectivity index (χ3v) is 4.13. The Kier molecular flexibility index (Phi) is 5.06. The first-order valence-corrected chi connectivity index (χ1v) is 7.53. The SMILES string of the molecule is COc1ccc(CC(C)CN(C)C(=O)C2CC2C(=O)O)cc1. The molecule has 0 radical (unpaired) electrons. The Balaban J connectivity index is 1.82. The van der Waals surface area contributed by atoms with E-state index in [4.69, 9.17) is 9.84 Å². The largest absolute Gasteiger partial charge is 0.497 e. The Morgan fingerprint density at radius 2 is 1.95 bits per heavy atom. The van der Waals surface area contributed by atoms with Gasteiger partial charge in [-0.05, 0) is 36.5 Å². The van der Waals surface area contributed by atoms with Gasteiger partial charge >= 0.3 is 5.97 Å². The third kappa shape index (κ3) is 4.00. The second-order valence-corrected chi connectivity index (χ2v) is 6.16. The van der Waals surface area contributed by atoms with Gasteiger partial charge in [0, 0.05) is 13.6 Å². The lowest BCUT2D eigenvalue weighted by atomic mass is 10.0. The summed E-state index contributed by atoms with van der Waals surface area (Å²) in [6, 6.07) is 7.91. The minimum absolute atomic E-state index is 0.0472. The summed E-state index contributed by atoms with van der Waals surface area (Å²) >= 11 is 0. The summed E-state index contributed by atoms with van der Waals surface area (Å²) in [5.41, 5.74) is 1.20. The van der Waals surface area contributed by atoms with Crippen molar-refractivity contribution in [1.82, 2.24) is 4.90 Å². The molecule has 0 heterocycles. The summed E-state index contributed by atoms with van der Waals surface area (Å²) in [5.74, 6) is -0.573. The van der Waals surface area contributed by atoms with E-state index in [0.717, 1.165) is 12.2 Å². The van der Waals surface area contributed by atoms with Gasteiger partial charge in [0.15, 0.2) is 0 Å². The molecule has 1 aromatic carbocycles. The highest BCUT2D eigenvalue weighted by Gasteiger charge is 2.49. The van der Waals surface area contributed by atoms with Crippen LogP contribution >= 0.6 is 0 Å². The average Bonchev–Trinajstić information content (AvgIpc) is 3.27. The standard InChI is InChI=1S/C17H23NO4/c1-11(8-12-4-6-13(22-3)7-5-12)10-18(2)16(19)14-9-15(14)17(20)21/h4-7,11,14-15H,8-10H2,1-3H3,(H,20,21). The first kappa shape index (κ1) is 16.3. The quantitative estimate of drug-likeness (QED) is 0.837. The van der Waals surface area contributed by atoms with Crippen LogP contribution in [-0.4, -0.2) is 42.6 Å². The minimum atomic E-state index is -0.863. The molecule has 2 rings (SSSR count). The molecule has 0 aromatic heterocycles. The van der Waals surface area contributed by atoms with Gasteiger partial charge in [-0.2, -0.15) is 0 Å². The van der Waals surface area contributed by atoms with Gasteiger partial charge in [0.1, 0.15) is 5.75 Å². The highest BCUT2D eigenvalue weighted by atomic mass is 16.5. The Labute approximate surface area is 130 Å². The van der Waals surface area contributed by atoms with Crippen LogP contribution in [0.1, 0.15) is 18.9 Å². The van der Waals surface area contributed by atoms with E-state index >= 15 is 0 Å². The summed E-state index contributed by atoms with van der Waals surface area (Å²) in [4.78, 5) is 24.6. The van der Waals surface area contributed by atoms with Crippen molar-refractivity contribution >= 4 is 11.9 Å². The van der Waals surface area contributed by atoms with E-state index in [0.29, 0.717) is 18.9 Å². The smallest absolute Gasteiger partial charge is 0.307 e. The Hall–Kier alpha value is -2.04. The van der Waals surface area contributed by atoms with Gasteiger partial charge in [0.05, 0.1) is 18.9 Å². The first-order chi connectivity index (χ1) is 10.4. The number of carbonyl (C=O) groups is 2. The van der Waals surface area contributed by atoms with Crippen LogP contribution < -0.4 is 4.74 Å². The van der Waals surface area contributed by atoms with E-state index in [1.54, 1.807) is 19.1 Å². The monoisotopic (exact) mass is 305 g/mol. The normalized spacial score (nSPS) is 21.0. The van der Waals surface area contributed by atoms with Crippen LogP contribution in [0.4, 0.5) is 0 Å². The van der Waals surface area contributed by atoms with Gasteiger partial charge < -0.3 is 14.7 Å². The molecule has 1 aliphatic carbocycles. The number of carboxylic acid groups (broad SMARTS) is 1. The van der Waals surface area contributed by atoms with E-state index < -0.39 is 11.9 Å². The summed E-state index contributed by atoms with van der Waals surface area (Å²) in [7, 11) is 3.39. The molecule has 0 bridgehead atoms. The number of carboxylic acids is 1. The number of hydrogen-bond donors (Lipinski definition) is 1. The molecule has 3 unspecified atom stereocenters. The van der Waals surface area contributed by atoms with Crippen molar-refractivity contribution in [2.45, 2.75) is 19.8 Å². The fourth-order valence-electron chi connectivity index (χ4n) is 2.81. The van der Waals surface area contributed by atoms with Crippen molar-refractivity contribution in [3.05, 3.63) is 29.8 Å². The molecule has 5 nitrogen and oxygen atoms in total. The van der Waals surface area contributed by atoms with Crippen LogP contribution in [0.2, 0.25) is 0 Å². The van der Waals surface area contributed by atoms with Crippen molar-refractivity contribution in [2.24, 2.45) is 17.8 Å². The summed E-state index contributed by atoms with van der Waals surface area (Å²) in [5, 5.41) is 8.89. The fraction of sp³-hybridized carbons (Fsp3) is 0.529. The van der Waals surface area contributed by atoms with Gasteiger partial charge in [-0.15, -0.1) is 0 Å². The second-order valence-electron chi connectivity index (χ2n) is 6.16. The van der Waals surface area contributed by atoms with Crippen LogP contribution in [0.25, 0.3) is 0 Å². The number of rotatable bonds is 7. The van der Waals surface area contributed by atoms with Gasteiger partial charge in [-0.25, -0.2) is 0 Å². The average molecular weight is 305 g/mol. The lowest BCUT2D eigenvalue weighted by molar-refractivity contribution is -0.141. The number of methoxy groups -OCH3 is 1. The van der Waals surface area contributed by atoms with Crippen LogP contribution in [0.5, 0.6) is 5.75 Å². The van der Waals surface area contributed by atoms with Crippen molar-refractivity contribution < 1.29 is 19.4 Å². The zero-order valence-corrected chi connectivity index (χ0v) is 13.3. The number of hydrogen-bond acceptors (Lipinski definition) is 3. The lowest BCUT2D eigenvalue weighted by Crippen LogP contribution is -2.33. The zero-order valence-electron chi connectivity index (χ0n) is 13.3. The predicted molar refractivity (Wildman–Crippen MR) is 82.7 cm³/mol. The Morgan fingerprint density at radius 3 is 2.45 bits per heavy atom. The van der Waals surface area contributed by atoms with Crippen molar-refractivity contribution in [2.75, 3.05) is 20.7 Å². The number of nitrogens with zero attached hydrogens (tertiary/aromatic N) is 1. The summed E-state index contributed by atoms with van der Waals surface area (Å²) < 4.78 is 5.13. The molecule has 1 aromatic rings. The number of ether oxygens (including phenoxy) is 1. The van der Waals surface area contributed by atoms with E-state index in [-0.39, 0.29) is 11.8 Å². The molecule has 1 N–H and O–H groups in total. The molecule has 120 valence electrons. The maximum absolute atomic E-state index is 12.1. The fourth-order valence-corrected chi connectivity index (χ4v) is 2.81. The zero-order chi connectivity index (χ0) is 16.3. The number of carbonyl (C=O) groups excluding carboxylic acids is 1. The molecule has 5 heteroatoms. The van der Waals surface area contributed by atoms with Crippen LogP contribution in [-0.2, 0) is 16.0 Å². The van der Waals surface area contributed by atoms with Crippen molar-refractivity contribution in [3.8, 4) is 5.75 Å². The second kappa shape index (κ2) is 6.81. The van der Waals surface area contributed by atoms with E-state index in [1.807, 2.05) is 24.3 Å². The van der Waals surface area contributed by atoms with Gasteiger partial charge in [0.2, 0.25) is 5.91 Å².